The SMILES string of the molecule is CC[C@H]1OC(=O)C[C@@H](O)[C@H](C)[C@@H](O[C@@H]2O[C@H](C)[C@@H](O)[C@H](N(C)C)[C@H]2O)[C@@H](CCN2CCCCC2)C[C@@H](C)C(=O)/C=C\C(C)=C/[C@@H]1CN1Cc2ccccc2C1. The number of piperidine rings is 1. The van der Waals surface area contributed by atoms with Gasteiger partial charge in [-0.3, -0.25) is 14.5 Å². The van der Waals surface area contributed by atoms with Gasteiger partial charge >= 0.3 is 5.97 Å². The number of hydrogen-bond donors (Lipinski definition) is 3. The van der Waals surface area contributed by atoms with Crippen LogP contribution in [0.1, 0.15) is 90.7 Å². The predicted molar refractivity (Wildman–Crippen MR) is 213 cm³/mol. The summed E-state index contributed by atoms with van der Waals surface area (Å²) in [5, 5.41) is 34.4. The Morgan fingerprint density at radius 1 is 0.927 bits per heavy atom. The molecule has 0 amide bonds. The molecule has 2 saturated heterocycles. The fourth-order valence-corrected chi connectivity index (χ4v) is 9.22. The summed E-state index contributed by atoms with van der Waals surface area (Å²) in [5.74, 6) is -1.74. The first-order valence-corrected chi connectivity index (χ1v) is 20.9. The molecule has 5 rings (SSSR count). The number of carbonyl (C=O) groups is 2. The molecule has 0 unspecified atom stereocenters. The van der Waals surface area contributed by atoms with Crippen LogP contribution in [0.15, 0.2) is 48.1 Å². The van der Waals surface area contributed by atoms with Crippen LogP contribution in [0.2, 0.25) is 0 Å². The zero-order chi connectivity index (χ0) is 39.8. The number of hydrogen-bond acceptors (Lipinski definition) is 11. The lowest BCUT2D eigenvalue weighted by molar-refractivity contribution is -0.304. The number of carbonyl (C=O) groups excluding carboxylic acids is 2. The number of aliphatic hydroxyl groups excluding tert-OH is 3. The molecule has 3 N–H and O–H groups in total. The van der Waals surface area contributed by atoms with E-state index in [0.29, 0.717) is 25.8 Å². The lowest BCUT2D eigenvalue weighted by Gasteiger charge is -2.47. The van der Waals surface area contributed by atoms with Gasteiger partial charge in [0.1, 0.15) is 12.2 Å². The van der Waals surface area contributed by atoms with E-state index in [1.54, 1.807) is 32.0 Å². The highest BCUT2D eigenvalue weighted by Gasteiger charge is 2.47. The number of likely N-dealkylation sites (N-methyl/N-ethyl adjacent to an activating group) is 1. The summed E-state index contributed by atoms with van der Waals surface area (Å²) < 4.78 is 19.2. The lowest BCUT2D eigenvalue weighted by atomic mass is 9.79. The maximum atomic E-state index is 13.9. The first-order valence-electron chi connectivity index (χ1n) is 20.9. The van der Waals surface area contributed by atoms with Crippen molar-refractivity contribution in [3.05, 3.63) is 59.2 Å². The molecule has 4 aliphatic rings. The first-order chi connectivity index (χ1) is 26.2. The van der Waals surface area contributed by atoms with Crippen LogP contribution in [0.5, 0.6) is 0 Å². The lowest BCUT2D eigenvalue weighted by Crippen LogP contribution is -2.63. The molecule has 2 fully saturated rings. The van der Waals surface area contributed by atoms with Crippen molar-refractivity contribution < 1.29 is 39.1 Å². The maximum Gasteiger partial charge on any atom is 0.308 e. The molecule has 4 heterocycles. The molecule has 308 valence electrons. The Kier molecular flexibility index (Phi) is 16.1. The summed E-state index contributed by atoms with van der Waals surface area (Å²) in [6.07, 6.45) is 4.67. The molecule has 11 heteroatoms. The van der Waals surface area contributed by atoms with Crippen molar-refractivity contribution in [2.75, 3.05) is 40.3 Å². The normalized spacial score (nSPS) is 38.0. The molecule has 55 heavy (non-hydrogen) atoms. The summed E-state index contributed by atoms with van der Waals surface area (Å²) in [4.78, 5) is 34.2. The Morgan fingerprint density at radius 3 is 2.24 bits per heavy atom. The number of allylic oxidation sites excluding steroid dienone is 3. The fraction of sp³-hybridized carbons (Fsp3) is 0.727. The smallest absolute Gasteiger partial charge is 0.308 e. The summed E-state index contributed by atoms with van der Waals surface area (Å²) in [6, 6.07) is 7.80. The van der Waals surface area contributed by atoms with Crippen molar-refractivity contribution in [1.29, 1.82) is 0 Å². The number of ketones is 1. The van der Waals surface area contributed by atoms with Gasteiger partial charge in [0.05, 0.1) is 36.9 Å². The largest absolute Gasteiger partial charge is 0.462 e. The van der Waals surface area contributed by atoms with E-state index in [-0.39, 0.29) is 30.0 Å². The molecule has 0 aromatic heterocycles. The van der Waals surface area contributed by atoms with Crippen LogP contribution >= 0.6 is 0 Å². The summed E-state index contributed by atoms with van der Waals surface area (Å²) in [5.41, 5.74) is 3.53. The molecular weight excluding hydrogens is 698 g/mol. The van der Waals surface area contributed by atoms with Crippen LogP contribution in [0.4, 0.5) is 0 Å². The maximum absolute atomic E-state index is 13.9. The van der Waals surface area contributed by atoms with Gasteiger partial charge in [-0.15, -0.1) is 0 Å². The van der Waals surface area contributed by atoms with E-state index < -0.39 is 60.8 Å². The molecule has 0 spiro atoms. The Bertz CT molecular complexity index is 1440. The number of benzene rings is 1. The van der Waals surface area contributed by atoms with E-state index in [1.165, 1.54) is 17.5 Å². The van der Waals surface area contributed by atoms with Crippen molar-refractivity contribution in [3.8, 4) is 0 Å². The Labute approximate surface area is 329 Å². The topological polar surface area (TPSA) is 132 Å². The zero-order valence-electron chi connectivity index (χ0n) is 34.4. The summed E-state index contributed by atoms with van der Waals surface area (Å²) in [6.45, 7) is 14.7. The van der Waals surface area contributed by atoms with E-state index in [9.17, 15) is 24.9 Å². The molecule has 0 radical (unpaired) electrons. The quantitative estimate of drug-likeness (QED) is 0.302. The van der Waals surface area contributed by atoms with E-state index in [4.69, 9.17) is 14.2 Å². The number of fused-ring (bicyclic) bond motifs is 1. The minimum atomic E-state index is -1.18. The molecule has 1 aromatic rings. The van der Waals surface area contributed by atoms with Gasteiger partial charge in [0.15, 0.2) is 12.1 Å². The third-order valence-electron chi connectivity index (χ3n) is 12.6. The second-order valence-electron chi connectivity index (χ2n) is 17.1. The minimum absolute atomic E-state index is 0.0122. The molecule has 12 atom stereocenters. The van der Waals surface area contributed by atoms with Gasteiger partial charge in [0.25, 0.3) is 0 Å². The molecule has 4 aliphatic heterocycles. The number of ether oxygens (including phenoxy) is 3. The van der Waals surface area contributed by atoms with Crippen molar-refractivity contribution >= 4 is 11.8 Å². The number of aliphatic hydroxyl groups is 3. The first kappa shape index (κ1) is 43.6. The molecule has 11 nitrogen and oxygen atoms in total. The fourth-order valence-electron chi connectivity index (χ4n) is 9.22. The highest BCUT2D eigenvalue weighted by atomic mass is 16.7. The van der Waals surface area contributed by atoms with Crippen LogP contribution in [-0.2, 0) is 36.9 Å². The van der Waals surface area contributed by atoms with Crippen molar-refractivity contribution in [1.82, 2.24) is 14.7 Å². The molecule has 1 aromatic carbocycles. The Balaban J connectivity index is 1.45. The monoisotopic (exact) mass is 768 g/mol. The molecule has 0 aliphatic carbocycles. The number of esters is 1. The molecule has 0 saturated carbocycles. The van der Waals surface area contributed by atoms with Gasteiger partial charge in [-0.25, -0.2) is 0 Å². The van der Waals surface area contributed by atoms with Crippen LogP contribution in [-0.4, -0.2) is 131 Å². The van der Waals surface area contributed by atoms with Crippen LogP contribution in [0.3, 0.4) is 0 Å². The van der Waals surface area contributed by atoms with Crippen molar-refractivity contribution in [2.45, 2.75) is 142 Å². The Hall–Kier alpha value is -2.48. The van der Waals surface area contributed by atoms with Gasteiger partial charge < -0.3 is 39.3 Å². The molecule has 0 bridgehead atoms. The van der Waals surface area contributed by atoms with Crippen molar-refractivity contribution in [2.24, 2.45) is 23.7 Å². The van der Waals surface area contributed by atoms with Gasteiger partial charge in [-0.1, -0.05) is 69.2 Å². The van der Waals surface area contributed by atoms with Gasteiger partial charge in [0.2, 0.25) is 0 Å². The van der Waals surface area contributed by atoms with Gasteiger partial charge in [-0.2, -0.15) is 0 Å². The highest BCUT2D eigenvalue weighted by molar-refractivity contribution is 5.91. The van der Waals surface area contributed by atoms with E-state index >= 15 is 0 Å². The second kappa shape index (κ2) is 20.3. The number of rotatable bonds is 9. The Morgan fingerprint density at radius 2 is 1.60 bits per heavy atom. The van der Waals surface area contributed by atoms with Gasteiger partial charge in [-0.05, 0) is 103 Å². The predicted octanol–water partition coefficient (Wildman–Crippen LogP) is 4.71. The summed E-state index contributed by atoms with van der Waals surface area (Å²) >= 11 is 0. The molecular formula is C44H69N3O8. The number of cyclic esters (lactones) is 1. The van der Waals surface area contributed by atoms with Crippen molar-refractivity contribution in [3.63, 3.8) is 0 Å². The zero-order valence-corrected chi connectivity index (χ0v) is 34.4. The van der Waals surface area contributed by atoms with Crippen LogP contribution in [0.25, 0.3) is 0 Å². The minimum Gasteiger partial charge on any atom is -0.462 e. The highest BCUT2D eigenvalue weighted by Crippen LogP contribution is 2.35. The van der Waals surface area contributed by atoms with Gasteiger partial charge in [0, 0.05) is 37.4 Å². The average Bonchev–Trinajstić information content (AvgIpc) is 3.57. The average molecular weight is 768 g/mol. The summed E-state index contributed by atoms with van der Waals surface area (Å²) in [7, 11) is 3.60. The standard InChI is InChI=1S/C44H69N3O8/c1-8-38-35(27-47-25-33-14-10-11-15-34(33)26-47)22-28(2)16-17-36(48)29(3)23-32(18-21-46-19-12-9-13-20-46)43(30(4)37(49)24-39(50)54-38)55-44-42(52)40(45(6)7)41(51)31(5)53-44/h10-11,14-17,22,29-32,35,37-38,40-44,49,51-52H,8-9,12-13,18-21,23-27H2,1-7H3/b17-16-,28-22-/t29-,30+,31-,32+,35-,37-,38-,40+,41-,42-,43-,44+/m1/s1. The van der Waals surface area contributed by atoms with Crippen LogP contribution in [0, 0.1) is 23.7 Å². The third-order valence-corrected chi connectivity index (χ3v) is 12.6. The number of nitrogens with zero attached hydrogens (tertiary/aromatic N) is 3. The number of likely N-dealkylation sites (tertiary alicyclic amines) is 1. The third kappa shape index (κ3) is 11.6. The van der Waals surface area contributed by atoms with E-state index in [0.717, 1.165) is 51.1 Å². The van der Waals surface area contributed by atoms with Crippen LogP contribution < -0.4 is 0 Å². The second-order valence-corrected chi connectivity index (χ2v) is 17.1. The van der Waals surface area contributed by atoms with E-state index in [2.05, 4.69) is 40.1 Å². The van der Waals surface area contributed by atoms with E-state index in [1.807, 2.05) is 33.8 Å².